The van der Waals surface area contributed by atoms with Crippen LogP contribution in [0.4, 0.5) is 0 Å². The van der Waals surface area contributed by atoms with E-state index < -0.39 is 181 Å². The zero-order valence-electron chi connectivity index (χ0n) is 52.7. The van der Waals surface area contributed by atoms with Crippen molar-refractivity contribution >= 4 is 94.8 Å². The Kier molecular flexibility index (Phi) is 34.0. The number of methoxy groups -OCH3 is 1. The van der Waals surface area contributed by atoms with Crippen molar-refractivity contribution in [1.29, 1.82) is 0 Å². The molecule has 1 heterocycles. The number of nitrogens with two attached hydrogens (primary N) is 3. The van der Waals surface area contributed by atoms with Gasteiger partial charge in [0.25, 0.3) is 0 Å². The Morgan fingerprint density at radius 1 is 0.813 bits per heavy atom. The number of aliphatic imine (C=N–C) groups is 1. The molecule has 13 atom stereocenters. The van der Waals surface area contributed by atoms with Gasteiger partial charge in [-0.15, -0.1) is 0 Å². The second kappa shape index (κ2) is 39.5. The van der Waals surface area contributed by atoms with Gasteiger partial charge in [-0.1, -0.05) is 88.8 Å². The molecule has 2 rings (SSSR count). The Morgan fingerprint density at radius 2 is 1.44 bits per heavy atom. The van der Waals surface area contributed by atoms with Crippen LogP contribution in [0.15, 0.2) is 59.1 Å². The maximum Gasteiger partial charge on any atom is 0.327 e. The number of allylic oxidation sites excluding steroid dienone is 2. The van der Waals surface area contributed by atoms with Gasteiger partial charge in [0, 0.05) is 51.0 Å². The maximum atomic E-state index is 14.6. The summed E-state index contributed by atoms with van der Waals surface area (Å²) in [6.45, 7) is 9.92. The highest BCUT2D eigenvalue weighted by Gasteiger charge is 2.38. The number of carboxylic acids is 4. The number of carbonyl (C=O) groups is 13. The molecule has 1 aromatic carbocycles. The van der Waals surface area contributed by atoms with Crippen molar-refractivity contribution in [2.75, 3.05) is 38.8 Å². The zero-order valence-corrected chi connectivity index (χ0v) is 53.5. The Morgan fingerprint density at radius 3 is 2.02 bits per heavy atom. The van der Waals surface area contributed by atoms with Crippen LogP contribution in [0.1, 0.15) is 99.0 Å². The van der Waals surface area contributed by atoms with Crippen LogP contribution < -0.4 is 59.7 Å². The first kappa shape index (κ1) is 78.4. The van der Waals surface area contributed by atoms with E-state index in [0.29, 0.717) is 12.0 Å². The van der Waals surface area contributed by atoms with Crippen molar-refractivity contribution in [3.63, 3.8) is 0 Å². The van der Waals surface area contributed by atoms with Crippen LogP contribution in [0.2, 0.25) is 0 Å². The summed E-state index contributed by atoms with van der Waals surface area (Å²) >= 11 is 0.779. The van der Waals surface area contributed by atoms with Crippen LogP contribution in [0.25, 0.3) is 0 Å². The molecular formula is C59H91N13O18S. The van der Waals surface area contributed by atoms with E-state index in [-0.39, 0.29) is 56.1 Å². The number of carbonyl (C=O) groups excluding carboxylic acids is 9. The number of aliphatic carboxylic acids is 4. The van der Waals surface area contributed by atoms with Gasteiger partial charge in [0.2, 0.25) is 53.2 Å². The van der Waals surface area contributed by atoms with Gasteiger partial charge in [-0.3, -0.25) is 57.7 Å². The second-order valence-electron chi connectivity index (χ2n) is 22.7. The predicted molar refractivity (Wildman–Crippen MR) is 334 cm³/mol. The summed E-state index contributed by atoms with van der Waals surface area (Å²) in [7, 11) is 2.74. The number of likely N-dealkylation sites (N-methyl/N-ethyl adjacent to an activating group) is 1. The number of rotatable bonds is 27. The topological polar surface area (TPSA) is 502 Å². The standard InChI is InChI=1S/C59H91N13O18S/c1-30(2)24-41-54(82)71-48(58(88)89)34(6)50(78)68-39(16-13-23-63-59(61)62)53(81)67-38(19-17-31(3)25-32(4)44(90-9)26-36-14-11-10-12-15-36)33(5)49(77)69-40(57(86)87)20-22-46(74)72(8)43(55(83)65-35(7)51(79)70-41)29-91-28-42(52(80)64-27-47(75)76)66-45(73)21-18-37(60)56(84)85/h10-12,14-15,17,19,25,30,32-35,37-44,48H,13,16,18,20-24,26-29,60H2,1-9H3,(H,64,80)(H,65,83)(H,66,73)(H,67,81)(H,68,78)(H,69,77)(H,70,79)(H,71,82)(H,75,76)(H,84,85)(H,86,87)(H,88,89)(H4,61,62,63)/b19-17+,31-25+/t32-,33-,34-,35+,37-,38?,39?,40+,41-,42-,43?,44-,48?/m0/s1. The number of nitrogens with one attached hydrogen (secondary N) is 8. The monoisotopic (exact) mass is 1300 g/mol. The SMILES string of the molecule is CO[C@@H](Cc1ccccc1)[C@@H](C)/C=C(C)/C=C/C1NC(=O)C(CCCN=C(N)N)NC(=O)[C@@H](C)C(C(=O)O)NC(=O)[C@H](CC(C)C)NC(=O)[C@@H](C)NC(=O)C(CSC[C@H](NC(=O)CC[C@H](N)C(=O)O)C(=O)NCC(=O)O)N(C)C(=O)CC[C@H](C(=O)O)NC(=O)[C@H]1C. The third kappa shape index (κ3) is 28.4. The van der Waals surface area contributed by atoms with Crippen LogP contribution in [0, 0.1) is 23.7 Å². The van der Waals surface area contributed by atoms with E-state index in [0.717, 1.165) is 29.3 Å². The number of hydrogen-bond acceptors (Lipinski definition) is 17. The number of ether oxygens (including phenoxy) is 1. The number of hydrogen-bond donors (Lipinski definition) is 15. The molecule has 91 heavy (non-hydrogen) atoms. The summed E-state index contributed by atoms with van der Waals surface area (Å²) in [6, 6.07) is -4.50. The van der Waals surface area contributed by atoms with Gasteiger partial charge in [0.05, 0.1) is 24.0 Å². The number of amides is 9. The molecule has 31 nitrogen and oxygen atoms in total. The zero-order chi connectivity index (χ0) is 68.8. The fraction of sp³-hybridized carbons (Fsp3) is 0.593. The first-order chi connectivity index (χ1) is 42.7. The molecule has 0 spiro atoms. The summed E-state index contributed by atoms with van der Waals surface area (Å²) in [5.41, 5.74) is 18.3. The molecule has 1 fully saturated rings. The van der Waals surface area contributed by atoms with Crippen molar-refractivity contribution in [2.24, 2.45) is 45.9 Å². The third-order valence-electron chi connectivity index (χ3n) is 14.7. The Bertz CT molecular complexity index is 2800. The Balaban J connectivity index is 2.83. The molecule has 506 valence electrons. The minimum atomic E-state index is -1.99. The molecular weight excluding hydrogens is 1210 g/mol. The quantitative estimate of drug-likeness (QED) is 0.0198. The van der Waals surface area contributed by atoms with Gasteiger partial charge in [-0.25, -0.2) is 9.59 Å². The van der Waals surface area contributed by atoms with Crippen molar-refractivity contribution in [3.05, 3.63) is 59.7 Å². The molecule has 0 radical (unpaired) electrons. The van der Waals surface area contributed by atoms with E-state index in [1.807, 2.05) is 43.3 Å². The van der Waals surface area contributed by atoms with Gasteiger partial charge >= 0.3 is 23.9 Å². The van der Waals surface area contributed by atoms with E-state index >= 15 is 0 Å². The number of benzene rings is 1. The molecule has 18 N–H and O–H groups in total. The molecule has 0 saturated carbocycles. The molecule has 9 amide bonds. The fourth-order valence-corrected chi connectivity index (χ4v) is 10.4. The summed E-state index contributed by atoms with van der Waals surface area (Å²) in [4.78, 5) is 179. The smallest absolute Gasteiger partial charge is 0.327 e. The van der Waals surface area contributed by atoms with Crippen molar-refractivity contribution in [2.45, 2.75) is 160 Å². The van der Waals surface area contributed by atoms with Crippen LogP contribution in [0.5, 0.6) is 0 Å². The number of thioether (sulfide) groups is 1. The van der Waals surface area contributed by atoms with Crippen LogP contribution in [-0.2, 0) is 73.5 Å². The fourth-order valence-electron chi connectivity index (χ4n) is 9.17. The lowest BCUT2D eigenvalue weighted by molar-refractivity contribution is -0.146. The van der Waals surface area contributed by atoms with E-state index in [1.165, 1.54) is 26.8 Å². The molecule has 1 aromatic rings. The highest BCUT2D eigenvalue weighted by molar-refractivity contribution is 7.99. The normalized spacial score (nSPS) is 23.6. The van der Waals surface area contributed by atoms with Crippen molar-refractivity contribution in [1.82, 2.24) is 47.4 Å². The van der Waals surface area contributed by atoms with Gasteiger partial charge in [-0.05, 0) is 63.9 Å². The molecule has 32 heteroatoms. The lowest BCUT2D eigenvalue weighted by atomic mass is 9.94. The Hall–Kier alpha value is -8.65. The second-order valence-corrected chi connectivity index (χ2v) is 23.7. The molecule has 1 aliphatic heterocycles. The van der Waals surface area contributed by atoms with E-state index in [1.54, 1.807) is 34.0 Å². The summed E-state index contributed by atoms with van der Waals surface area (Å²) in [5.74, 6) is -19.4. The van der Waals surface area contributed by atoms with E-state index in [4.69, 9.17) is 21.9 Å². The van der Waals surface area contributed by atoms with Crippen LogP contribution in [0.3, 0.4) is 0 Å². The largest absolute Gasteiger partial charge is 0.480 e. The lowest BCUT2D eigenvalue weighted by Gasteiger charge is -2.30. The maximum absolute atomic E-state index is 14.6. The Labute approximate surface area is 532 Å². The molecule has 1 saturated heterocycles. The average molecular weight is 1300 g/mol. The number of nitrogens with zero attached hydrogens (tertiary/aromatic N) is 2. The first-order valence-corrected chi connectivity index (χ1v) is 30.7. The summed E-state index contributed by atoms with van der Waals surface area (Å²) in [5, 5.41) is 58.9. The minimum Gasteiger partial charge on any atom is -0.480 e. The molecule has 0 bridgehead atoms. The highest BCUT2D eigenvalue weighted by Crippen LogP contribution is 2.20. The van der Waals surface area contributed by atoms with Crippen molar-refractivity contribution in [3.8, 4) is 0 Å². The number of carboxylic acid groups (broad SMARTS) is 4. The molecule has 4 unspecified atom stereocenters. The molecule has 1 aliphatic rings. The lowest BCUT2D eigenvalue weighted by Crippen LogP contribution is -2.59. The molecule has 0 aromatic heterocycles. The van der Waals surface area contributed by atoms with E-state index in [2.05, 4.69) is 47.5 Å². The van der Waals surface area contributed by atoms with Crippen molar-refractivity contribution < 1.29 is 87.5 Å². The van der Waals surface area contributed by atoms with Crippen LogP contribution in [-0.4, -0.2) is 208 Å². The number of guanidine groups is 1. The average Bonchev–Trinajstić information content (AvgIpc) is 1.99. The predicted octanol–water partition coefficient (Wildman–Crippen LogP) is -1.92. The summed E-state index contributed by atoms with van der Waals surface area (Å²) in [6.07, 6.45) is 3.00. The van der Waals surface area contributed by atoms with Gasteiger partial charge in [0.1, 0.15) is 54.9 Å². The first-order valence-electron chi connectivity index (χ1n) is 29.5. The third-order valence-corrected chi connectivity index (χ3v) is 15.8. The van der Waals surface area contributed by atoms with Crippen LogP contribution >= 0.6 is 11.8 Å². The van der Waals surface area contributed by atoms with Gasteiger partial charge < -0.3 is 89.8 Å². The summed E-state index contributed by atoms with van der Waals surface area (Å²) < 4.78 is 5.83. The highest BCUT2D eigenvalue weighted by atomic mass is 32.2. The van der Waals surface area contributed by atoms with Gasteiger partial charge in [-0.2, -0.15) is 11.8 Å². The van der Waals surface area contributed by atoms with E-state index in [9.17, 15) is 82.8 Å². The van der Waals surface area contributed by atoms with Gasteiger partial charge in [0.15, 0.2) is 5.96 Å². The minimum absolute atomic E-state index is 0.0302. The molecule has 0 aliphatic carbocycles.